The molecule has 0 saturated heterocycles. The van der Waals surface area contributed by atoms with E-state index >= 15 is 0 Å². The summed E-state index contributed by atoms with van der Waals surface area (Å²) in [6.45, 7) is 4.78. The molecule has 4 heteroatoms. The minimum absolute atomic E-state index is 0.333. The van der Waals surface area contributed by atoms with E-state index in [2.05, 4.69) is 16.6 Å². The molecule has 0 bridgehead atoms. The lowest BCUT2D eigenvalue weighted by atomic mass is 10.3. The molecule has 1 aromatic heterocycles. The average Bonchev–Trinajstić information content (AvgIpc) is 2.37. The van der Waals surface area contributed by atoms with Crippen molar-refractivity contribution in [2.75, 3.05) is 0 Å². The summed E-state index contributed by atoms with van der Waals surface area (Å²) in [5, 5.41) is 3.70. The lowest BCUT2D eigenvalue weighted by Gasteiger charge is -1.99. The van der Waals surface area contributed by atoms with Gasteiger partial charge in [0.25, 0.3) is 0 Å². The first-order chi connectivity index (χ1) is 5.79. The predicted octanol–water partition coefficient (Wildman–Crippen LogP) is 1.20. The maximum atomic E-state index is 11.0. The molecule has 0 aromatic carbocycles. The molecule has 0 atom stereocenters. The van der Waals surface area contributed by atoms with Gasteiger partial charge in [-0.3, -0.25) is 9.09 Å². The van der Waals surface area contributed by atoms with E-state index in [4.69, 9.17) is 0 Å². The first kappa shape index (κ1) is 9.03. The summed E-state index contributed by atoms with van der Waals surface area (Å²) in [5.74, 6) is 0.435. The molecule has 1 rings (SSSR count). The smallest absolute Gasteiger partial charge is 0.296 e. The van der Waals surface area contributed by atoms with Gasteiger partial charge in [-0.1, -0.05) is 19.0 Å². The van der Waals surface area contributed by atoms with Crippen molar-refractivity contribution in [2.24, 2.45) is 0 Å². The van der Waals surface area contributed by atoms with E-state index < -0.39 is 0 Å². The normalized spacial score (nSPS) is 10.5. The van der Waals surface area contributed by atoms with Crippen LogP contribution in [0.3, 0.4) is 0 Å². The Bertz CT molecular complexity index is 287. The van der Waals surface area contributed by atoms with E-state index in [9.17, 15) is 4.79 Å². The van der Waals surface area contributed by atoms with Crippen LogP contribution in [0.15, 0.2) is 9.32 Å². The van der Waals surface area contributed by atoms with E-state index in [-0.39, 0.29) is 5.76 Å². The molecule has 0 radical (unpaired) electrons. The van der Waals surface area contributed by atoms with Crippen LogP contribution in [-0.4, -0.2) is 9.72 Å². The molecule has 12 heavy (non-hydrogen) atoms. The summed E-state index contributed by atoms with van der Waals surface area (Å²) in [6.07, 6.45) is 2.72. The number of hydrogen-bond donors (Lipinski definition) is 0. The topological polar surface area (TPSA) is 48.0 Å². The molecule has 0 spiro atoms. The Kier molecular flexibility index (Phi) is 3.08. The lowest BCUT2D eigenvalue weighted by Crippen LogP contribution is -2.16. The highest BCUT2D eigenvalue weighted by Gasteiger charge is 2.07. The van der Waals surface area contributed by atoms with Crippen LogP contribution in [0, 0.1) is 0 Å². The minimum atomic E-state index is -0.333. The molecule has 68 valence electrons. The zero-order valence-electron chi connectivity index (χ0n) is 7.54. The Balaban J connectivity index is 2.87. The second-order valence-corrected chi connectivity index (χ2v) is 2.77. The minimum Gasteiger partial charge on any atom is -0.296 e. The predicted molar refractivity (Wildman–Crippen MR) is 45.0 cm³/mol. The molecule has 0 aliphatic heterocycles. The van der Waals surface area contributed by atoms with Gasteiger partial charge in [0.05, 0.1) is 0 Å². The fourth-order valence-corrected chi connectivity index (χ4v) is 1.14. The van der Waals surface area contributed by atoms with Gasteiger partial charge in [0.1, 0.15) is 0 Å². The van der Waals surface area contributed by atoms with Crippen LogP contribution in [0.1, 0.15) is 32.5 Å². The molecule has 0 amide bonds. The lowest BCUT2D eigenvalue weighted by molar-refractivity contribution is 0.372. The number of hydrogen-bond acceptors (Lipinski definition) is 3. The van der Waals surface area contributed by atoms with Gasteiger partial charge in [0.2, 0.25) is 0 Å². The van der Waals surface area contributed by atoms with Gasteiger partial charge in [-0.05, 0) is 12.8 Å². The van der Waals surface area contributed by atoms with Crippen LogP contribution in [0.2, 0.25) is 0 Å². The second kappa shape index (κ2) is 4.09. The first-order valence-electron chi connectivity index (χ1n) is 4.35. The fourth-order valence-electron chi connectivity index (χ4n) is 1.14. The van der Waals surface area contributed by atoms with Gasteiger partial charge in [0.15, 0.2) is 5.82 Å². The van der Waals surface area contributed by atoms with E-state index in [1.807, 2.05) is 6.92 Å². The Labute approximate surface area is 71.2 Å². The summed E-state index contributed by atoms with van der Waals surface area (Å²) in [7, 11) is 0. The van der Waals surface area contributed by atoms with Crippen LogP contribution in [-0.2, 0) is 13.0 Å². The van der Waals surface area contributed by atoms with E-state index in [1.165, 1.54) is 0 Å². The van der Waals surface area contributed by atoms with Gasteiger partial charge in [-0.25, -0.2) is 4.79 Å². The van der Waals surface area contributed by atoms with Crippen LogP contribution < -0.4 is 5.76 Å². The van der Waals surface area contributed by atoms with Gasteiger partial charge in [-0.15, -0.1) is 0 Å². The molecule has 0 saturated carbocycles. The van der Waals surface area contributed by atoms with Gasteiger partial charge in [-0.2, -0.15) is 0 Å². The third-order valence-electron chi connectivity index (χ3n) is 1.68. The van der Waals surface area contributed by atoms with E-state index in [1.54, 1.807) is 4.57 Å². The van der Waals surface area contributed by atoms with Crippen molar-refractivity contribution in [2.45, 2.75) is 39.7 Å². The molecule has 0 aliphatic carbocycles. The Hall–Kier alpha value is -1.06. The molecule has 4 nitrogen and oxygen atoms in total. The largest absolute Gasteiger partial charge is 0.441 e. The molecule has 1 heterocycles. The van der Waals surface area contributed by atoms with Crippen LogP contribution in [0.5, 0.6) is 0 Å². The molecular weight excluding hydrogens is 156 g/mol. The Morgan fingerprint density at radius 2 is 2.17 bits per heavy atom. The first-order valence-corrected chi connectivity index (χ1v) is 4.35. The van der Waals surface area contributed by atoms with E-state index in [0.29, 0.717) is 6.54 Å². The summed E-state index contributed by atoms with van der Waals surface area (Å²) in [5.41, 5.74) is 0. The third kappa shape index (κ3) is 1.75. The maximum Gasteiger partial charge on any atom is 0.441 e. The number of aryl methyl sites for hydroxylation is 1. The number of nitrogens with zero attached hydrogens (tertiary/aromatic N) is 2. The highest BCUT2D eigenvalue weighted by molar-refractivity contribution is 4.83. The molecular formula is C8H14N2O2. The van der Waals surface area contributed by atoms with Crippen molar-refractivity contribution < 1.29 is 4.52 Å². The average molecular weight is 170 g/mol. The molecule has 0 N–H and O–H groups in total. The number of aromatic nitrogens is 2. The van der Waals surface area contributed by atoms with Gasteiger partial charge < -0.3 is 0 Å². The Morgan fingerprint density at radius 1 is 1.42 bits per heavy atom. The highest BCUT2D eigenvalue weighted by atomic mass is 16.5. The third-order valence-corrected chi connectivity index (χ3v) is 1.68. The molecule has 0 aliphatic rings. The summed E-state index contributed by atoms with van der Waals surface area (Å²) >= 11 is 0. The van der Waals surface area contributed by atoms with Crippen molar-refractivity contribution >= 4 is 0 Å². The highest BCUT2D eigenvalue weighted by Crippen LogP contribution is 1.97. The molecule has 0 unspecified atom stereocenters. The summed E-state index contributed by atoms with van der Waals surface area (Å²) in [6, 6.07) is 0. The van der Waals surface area contributed by atoms with Crippen LogP contribution >= 0.6 is 0 Å². The zero-order chi connectivity index (χ0) is 8.97. The zero-order valence-corrected chi connectivity index (χ0v) is 7.54. The standard InChI is InChI=1S/C8H14N2O2/c1-3-5-7-9-12-8(11)10(7)6-4-2/h3-6H2,1-2H3. The van der Waals surface area contributed by atoms with Crippen molar-refractivity contribution in [1.82, 2.24) is 9.72 Å². The monoisotopic (exact) mass is 170 g/mol. The molecule has 0 fully saturated rings. The van der Waals surface area contributed by atoms with Crippen LogP contribution in [0.25, 0.3) is 0 Å². The Morgan fingerprint density at radius 3 is 2.75 bits per heavy atom. The van der Waals surface area contributed by atoms with Crippen molar-refractivity contribution in [3.8, 4) is 0 Å². The van der Waals surface area contributed by atoms with Gasteiger partial charge in [0, 0.05) is 13.0 Å². The van der Waals surface area contributed by atoms with E-state index in [0.717, 1.165) is 25.1 Å². The molecule has 1 aromatic rings. The van der Waals surface area contributed by atoms with Crippen molar-refractivity contribution in [3.05, 3.63) is 16.4 Å². The SMILES string of the molecule is CCCc1noc(=O)n1CCC. The maximum absolute atomic E-state index is 11.0. The van der Waals surface area contributed by atoms with Gasteiger partial charge >= 0.3 is 5.76 Å². The number of rotatable bonds is 4. The quantitative estimate of drug-likeness (QED) is 0.682. The van der Waals surface area contributed by atoms with Crippen molar-refractivity contribution in [1.29, 1.82) is 0 Å². The summed E-state index contributed by atoms with van der Waals surface area (Å²) < 4.78 is 6.16. The second-order valence-electron chi connectivity index (χ2n) is 2.77. The fraction of sp³-hybridized carbons (Fsp3) is 0.750. The summed E-state index contributed by atoms with van der Waals surface area (Å²) in [4.78, 5) is 11.0. The van der Waals surface area contributed by atoms with Crippen LogP contribution in [0.4, 0.5) is 0 Å². The van der Waals surface area contributed by atoms with Crippen molar-refractivity contribution in [3.63, 3.8) is 0 Å².